The minimum Gasteiger partial charge on any atom is -0.424 e. The number of nitrogens with one attached hydrogen (secondary N) is 1. The largest absolute Gasteiger partial charge is 0.424 e. The Bertz CT molecular complexity index is 1440. The number of halogens is 3. The quantitative estimate of drug-likeness (QED) is 0.457. The van der Waals surface area contributed by atoms with Crippen LogP contribution in [-0.4, -0.2) is 26.6 Å². The van der Waals surface area contributed by atoms with Gasteiger partial charge in [0.25, 0.3) is 0 Å². The van der Waals surface area contributed by atoms with Gasteiger partial charge in [-0.1, -0.05) is 12.1 Å². The fourth-order valence-corrected chi connectivity index (χ4v) is 4.39. The lowest BCUT2D eigenvalue weighted by Gasteiger charge is -2.06. The van der Waals surface area contributed by atoms with E-state index in [9.17, 15) is 13.6 Å². The van der Waals surface area contributed by atoms with Gasteiger partial charge in [0, 0.05) is 11.1 Å². The van der Waals surface area contributed by atoms with Crippen molar-refractivity contribution in [2.75, 3.05) is 0 Å². The van der Waals surface area contributed by atoms with Crippen molar-refractivity contribution in [1.82, 2.24) is 20.5 Å². The molecule has 1 amide bonds. The highest BCUT2D eigenvalue weighted by Crippen LogP contribution is 2.35. The average molecular weight is 469 g/mol. The molecule has 1 aliphatic rings. The van der Waals surface area contributed by atoms with Crippen molar-refractivity contribution in [3.8, 4) is 17.2 Å². The second-order valence-corrected chi connectivity index (χ2v) is 8.75. The Labute approximate surface area is 188 Å². The molecule has 5 rings (SSSR count). The molecule has 2 heterocycles. The molecule has 0 unspecified atom stereocenters. The molecule has 1 N–H and O–H groups in total. The minimum absolute atomic E-state index is 0.0633. The van der Waals surface area contributed by atoms with Crippen LogP contribution in [0.15, 0.2) is 34.7 Å². The van der Waals surface area contributed by atoms with Crippen molar-refractivity contribution in [3.05, 3.63) is 64.6 Å². The number of hydrogen-bond donors (Lipinski definition) is 1. The van der Waals surface area contributed by atoms with Crippen LogP contribution in [0, 0.1) is 28.8 Å². The van der Waals surface area contributed by atoms with Crippen LogP contribution in [0.5, 0.6) is 0 Å². The van der Waals surface area contributed by atoms with E-state index in [4.69, 9.17) is 9.68 Å². The molecular formula is C22H14F3N5O2S. The summed E-state index contributed by atoms with van der Waals surface area (Å²) >= 11 is 1.03. The Morgan fingerprint density at radius 2 is 1.88 bits per heavy atom. The second-order valence-electron chi connectivity index (χ2n) is 7.67. The molecule has 7 nitrogen and oxygen atoms in total. The van der Waals surface area contributed by atoms with Crippen molar-refractivity contribution in [3.63, 3.8) is 0 Å². The van der Waals surface area contributed by atoms with Crippen molar-refractivity contribution in [2.45, 2.75) is 31.2 Å². The lowest BCUT2D eigenvalue weighted by atomic mass is 10.0. The van der Waals surface area contributed by atoms with Crippen LogP contribution in [0.25, 0.3) is 21.3 Å². The number of benzene rings is 2. The molecule has 0 atom stereocenters. The monoisotopic (exact) mass is 469 g/mol. The molecule has 1 aliphatic carbocycles. The number of nitriles is 1. The zero-order valence-electron chi connectivity index (χ0n) is 16.9. The molecule has 166 valence electrons. The molecule has 11 heteroatoms. The van der Waals surface area contributed by atoms with Crippen molar-refractivity contribution in [1.29, 1.82) is 5.26 Å². The van der Waals surface area contributed by atoms with Crippen LogP contribution in [0.4, 0.5) is 13.2 Å². The third-order valence-electron chi connectivity index (χ3n) is 5.25. The molecule has 0 bridgehead atoms. The normalized spacial score (nSPS) is 14.2. The smallest absolute Gasteiger partial charge is 0.230 e. The fraction of sp³-hybridized carbons (Fsp3) is 0.227. The molecule has 33 heavy (non-hydrogen) atoms. The van der Waals surface area contributed by atoms with Gasteiger partial charge < -0.3 is 9.73 Å². The highest BCUT2D eigenvalue weighted by Gasteiger charge is 2.44. The van der Waals surface area contributed by atoms with Gasteiger partial charge in [-0.15, -0.1) is 21.5 Å². The van der Waals surface area contributed by atoms with E-state index in [2.05, 4.69) is 26.6 Å². The van der Waals surface area contributed by atoms with Gasteiger partial charge in [0.15, 0.2) is 17.5 Å². The zero-order valence-corrected chi connectivity index (χ0v) is 17.7. The van der Waals surface area contributed by atoms with E-state index < -0.39 is 23.0 Å². The summed E-state index contributed by atoms with van der Waals surface area (Å²) in [5.74, 6) is -2.98. The number of aromatic nitrogens is 3. The SMILES string of the molecule is N#CC1(NC(=O)Cc2nnc(Cc3nc4ccc(-c5cccc(F)c5F)c(F)c4s3)o2)CC1. The Kier molecular flexibility index (Phi) is 5.09. The van der Waals surface area contributed by atoms with Crippen LogP contribution in [0.3, 0.4) is 0 Å². The summed E-state index contributed by atoms with van der Waals surface area (Å²) in [7, 11) is 0. The first kappa shape index (κ1) is 21.1. The summed E-state index contributed by atoms with van der Waals surface area (Å²) in [5, 5.41) is 19.9. The molecule has 2 aromatic heterocycles. The number of hydrogen-bond acceptors (Lipinski definition) is 7. The maximum absolute atomic E-state index is 15.1. The molecule has 4 aromatic rings. The van der Waals surface area contributed by atoms with Crippen LogP contribution in [0.1, 0.15) is 29.6 Å². The first-order valence-corrected chi connectivity index (χ1v) is 10.7. The van der Waals surface area contributed by atoms with Gasteiger partial charge in [-0.2, -0.15) is 5.26 Å². The summed E-state index contributed by atoms with van der Waals surface area (Å²) in [4.78, 5) is 16.4. The van der Waals surface area contributed by atoms with E-state index in [1.54, 1.807) is 0 Å². The maximum atomic E-state index is 15.1. The van der Waals surface area contributed by atoms with E-state index in [0.717, 1.165) is 17.4 Å². The molecule has 1 fully saturated rings. The topological polar surface area (TPSA) is 105 Å². The second kappa shape index (κ2) is 7.97. The number of rotatable bonds is 6. The summed E-state index contributed by atoms with van der Waals surface area (Å²) in [5.41, 5.74) is -0.656. The van der Waals surface area contributed by atoms with Crippen LogP contribution >= 0.6 is 11.3 Å². The summed E-state index contributed by atoms with van der Waals surface area (Å²) in [6.45, 7) is 0. The molecule has 0 aliphatic heterocycles. The summed E-state index contributed by atoms with van der Waals surface area (Å²) < 4.78 is 48.5. The number of carbonyl (C=O) groups is 1. The van der Waals surface area contributed by atoms with E-state index >= 15 is 4.39 Å². The summed E-state index contributed by atoms with van der Waals surface area (Å²) in [6, 6.07) is 8.55. The number of thiazole rings is 1. The third kappa shape index (κ3) is 4.05. The van der Waals surface area contributed by atoms with Crippen LogP contribution in [0.2, 0.25) is 0 Å². The first-order chi connectivity index (χ1) is 15.9. The van der Waals surface area contributed by atoms with Gasteiger partial charge in [-0.3, -0.25) is 4.79 Å². The molecule has 2 aromatic carbocycles. The average Bonchev–Trinajstić information content (AvgIpc) is 3.21. The van der Waals surface area contributed by atoms with E-state index in [0.29, 0.717) is 23.4 Å². The minimum atomic E-state index is -1.12. The maximum Gasteiger partial charge on any atom is 0.230 e. The number of fused-ring (bicyclic) bond motifs is 1. The standard InChI is InChI=1S/C22H14F3N5O2S/c23-13-3-1-2-11(19(13)24)12-4-5-14-21(20(12)25)33-18(27-14)9-17-30-29-16(32-17)8-15(31)28-22(10-26)6-7-22/h1-5H,6-9H2,(H,28,31). The lowest BCUT2D eigenvalue weighted by molar-refractivity contribution is -0.121. The van der Waals surface area contributed by atoms with Gasteiger partial charge in [0.2, 0.25) is 17.7 Å². The van der Waals surface area contributed by atoms with Gasteiger partial charge in [-0.05, 0) is 31.0 Å². The molecule has 0 radical (unpaired) electrons. The summed E-state index contributed by atoms with van der Waals surface area (Å²) in [6.07, 6.45) is 1.19. The van der Waals surface area contributed by atoms with Crippen LogP contribution in [-0.2, 0) is 17.6 Å². The van der Waals surface area contributed by atoms with Crippen LogP contribution < -0.4 is 5.32 Å². The van der Waals surface area contributed by atoms with Gasteiger partial charge in [0.1, 0.15) is 17.0 Å². The molecule has 1 saturated carbocycles. The lowest BCUT2D eigenvalue weighted by Crippen LogP contribution is -2.36. The zero-order chi connectivity index (χ0) is 23.2. The van der Waals surface area contributed by atoms with Crippen molar-refractivity contribution < 1.29 is 22.4 Å². The Morgan fingerprint density at radius 3 is 2.64 bits per heavy atom. The first-order valence-electron chi connectivity index (χ1n) is 9.93. The highest BCUT2D eigenvalue weighted by molar-refractivity contribution is 7.18. The van der Waals surface area contributed by atoms with Crippen molar-refractivity contribution in [2.24, 2.45) is 0 Å². The Morgan fingerprint density at radius 1 is 1.12 bits per heavy atom. The van der Waals surface area contributed by atoms with E-state index in [1.165, 1.54) is 24.3 Å². The number of carbonyl (C=O) groups excluding carboxylic acids is 1. The number of nitrogens with zero attached hydrogens (tertiary/aromatic N) is 4. The van der Waals surface area contributed by atoms with Gasteiger partial charge in [-0.25, -0.2) is 18.2 Å². The van der Waals surface area contributed by atoms with E-state index in [-0.39, 0.29) is 46.4 Å². The third-order valence-corrected chi connectivity index (χ3v) is 6.31. The molecule has 0 saturated heterocycles. The number of amides is 1. The molecule has 0 spiro atoms. The molecular weight excluding hydrogens is 455 g/mol. The predicted molar refractivity (Wildman–Crippen MR) is 111 cm³/mol. The Balaban J connectivity index is 1.34. The van der Waals surface area contributed by atoms with Gasteiger partial charge >= 0.3 is 0 Å². The van der Waals surface area contributed by atoms with Gasteiger partial charge in [0.05, 0.1) is 22.7 Å². The highest BCUT2D eigenvalue weighted by atomic mass is 32.1. The van der Waals surface area contributed by atoms with E-state index in [1.807, 2.05) is 0 Å². The predicted octanol–water partition coefficient (Wildman–Crippen LogP) is 4.07. The fourth-order valence-electron chi connectivity index (χ4n) is 3.40. The van der Waals surface area contributed by atoms with Crippen molar-refractivity contribution >= 4 is 27.5 Å². The Hall–Kier alpha value is -3.78.